The fourth-order valence-electron chi connectivity index (χ4n) is 6.22. The third kappa shape index (κ3) is 3.50. The number of carbonyl (C=O) groups is 2. The van der Waals surface area contributed by atoms with Crippen LogP contribution in [-0.2, 0) is 9.59 Å². The summed E-state index contributed by atoms with van der Waals surface area (Å²) < 4.78 is 0. The minimum Gasteiger partial charge on any atom is -0.340 e. The Morgan fingerprint density at radius 2 is 1.31 bits per heavy atom. The van der Waals surface area contributed by atoms with Gasteiger partial charge in [-0.15, -0.1) is 0 Å². The average molecular weight is 405 g/mol. The SMILES string of the molecule is CC(CCC(C)N1CCC2(CCN(C)C2)C1=O)N1CC2(CCN(C(C)C)C2=O)C1. The highest BCUT2D eigenvalue weighted by Gasteiger charge is 2.55. The summed E-state index contributed by atoms with van der Waals surface area (Å²) in [6, 6.07) is 1.11. The summed E-state index contributed by atoms with van der Waals surface area (Å²) in [5, 5.41) is 0. The van der Waals surface area contributed by atoms with Crippen molar-refractivity contribution in [2.75, 3.05) is 46.3 Å². The predicted octanol–water partition coefficient (Wildman–Crippen LogP) is 2.04. The van der Waals surface area contributed by atoms with Crippen LogP contribution in [0.2, 0.25) is 0 Å². The van der Waals surface area contributed by atoms with Crippen LogP contribution in [-0.4, -0.2) is 95.9 Å². The first-order valence-corrected chi connectivity index (χ1v) is 11.7. The van der Waals surface area contributed by atoms with Crippen molar-refractivity contribution in [3.63, 3.8) is 0 Å². The van der Waals surface area contributed by atoms with Gasteiger partial charge in [0.15, 0.2) is 0 Å². The number of hydrogen-bond acceptors (Lipinski definition) is 4. The summed E-state index contributed by atoms with van der Waals surface area (Å²) in [6.07, 6.45) is 5.21. The summed E-state index contributed by atoms with van der Waals surface area (Å²) >= 11 is 0. The average Bonchev–Trinajstić information content (AvgIpc) is 3.28. The Kier molecular flexibility index (Phi) is 5.48. The molecule has 4 fully saturated rings. The molecular weight excluding hydrogens is 364 g/mol. The maximum absolute atomic E-state index is 13.1. The first-order chi connectivity index (χ1) is 13.7. The lowest BCUT2D eigenvalue weighted by Crippen LogP contribution is -2.62. The molecule has 4 aliphatic heterocycles. The van der Waals surface area contributed by atoms with Crippen molar-refractivity contribution in [1.82, 2.24) is 19.6 Å². The highest BCUT2D eigenvalue weighted by Crippen LogP contribution is 2.43. The number of carbonyl (C=O) groups excluding carboxylic acids is 2. The molecular formula is C23H40N4O2. The topological polar surface area (TPSA) is 47.1 Å². The van der Waals surface area contributed by atoms with Crippen LogP contribution in [0.4, 0.5) is 0 Å². The van der Waals surface area contributed by atoms with E-state index in [0.717, 1.165) is 71.4 Å². The molecule has 6 heteroatoms. The van der Waals surface area contributed by atoms with Crippen LogP contribution < -0.4 is 0 Å². The van der Waals surface area contributed by atoms with Gasteiger partial charge >= 0.3 is 0 Å². The van der Waals surface area contributed by atoms with Crippen LogP contribution in [0.3, 0.4) is 0 Å². The Balaban J connectivity index is 1.24. The van der Waals surface area contributed by atoms with Gasteiger partial charge in [0.1, 0.15) is 0 Å². The molecule has 0 aromatic heterocycles. The van der Waals surface area contributed by atoms with Crippen LogP contribution >= 0.6 is 0 Å². The van der Waals surface area contributed by atoms with Crippen molar-refractivity contribution in [2.45, 2.75) is 77.9 Å². The van der Waals surface area contributed by atoms with Gasteiger partial charge in [-0.25, -0.2) is 0 Å². The summed E-state index contributed by atoms with van der Waals surface area (Å²) in [5.74, 6) is 0.772. The second-order valence-electron chi connectivity index (χ2n) is 10.8. The van der Waals surface area contributed by atoms with Gasteiger partial charge in [-0.05, 0) is 73.4 Å². The van der Waals surface area contributed by atoms with Gasteiger partial charge in [-0.2, -0.15) is 0 Å². The van der Waals surface area contributed by atoms with E-state index in [9.17, 15) is 9.59 Å². The highest BCUT2D eigenvalue weighted by molar-refractivity contribution is 5.87. The minimum atomic E-state index is -0.101. The second kappa shape index (κ2) is 7.52. The zero-order chi connectivity index (χ0) is 21.0. The molecule has 0 radical (unpaired) electrons. The van der Waals surface area contributed by atoms with Crippen LogP contribution in [0.1, 0.15) is 59.8 Å². The van der Waals surface area contributed by atoms with Crippen LogP contribution in [0.5, 0.6) is 0 Å². The van der Waals surface area contributed by atoms with Crippen LogP contribution in [0.15, 0.2) is 0 Å². The van der Waals surface area contributed by atoms with Crippen molar-refractivity contribution < 1.29 is 9.59 Å². The Bertz CT molecular complexity index is 659. The molecule has 4 saturated heterocycles. The highest BCUT2D eigenvalue weighted by atomic mass is 16.2. The van der Waals surface area contributed by atoms with Crippen LogP contribution in [0.25, 0.3) is 0 Å². The van der Waals surface area contributed by atoms with Crippen molar-refractivity contribution in [2.24, 2.45) is 10.8 Å². The minimum absolute atomic E-state index is 0.0936. The van der Waals surface area contributed by atoms with E-state index in [1.165, 1.54) is 0 Å². The summed E-state index contributed by atoms with van der Waals surface area (Å²) in [4.78, 5) is 34.9. The smallest absolute Gasteiger partial charge is 0.231 e. The predicted molar refractivity (Wildman–Crippen MR) is 115 cm³/mol. The zero-order valence-electron chi connectivity index (χ0n) is 19.1. The van der Waals surface area contributed by atoms with Crippen molar-refractivity contribution in [1.29, 1.82) is 0 Å². The van der Waals surface area contributed by atoms with E-state index in [2.05, 4.69) is 54.3 Å². The first-order valence-electron chi connectivity index (χ1n) is 11.7. The summed E-state index contributed by atoms with van der Waals surface area (Å²) in [5.41, 5.74) is -0.195. The molecule has 0 aromatic rings. The number of amides is 2. The number of hydrogen-bond donors (Lipinski definition) is 0. The Hall–Kier alpha value is -1.14. The Morgan fingerprint density at radius 1 is 0.759 bits per heavy atom. The van der Waals surface area contributed by atoms with E-state index < -0.39 is 0 Å². The normalized spacial score (nSPS) is 32.2. The fourth-order valence-corrected chi connectivity index (χ4v) is 6.22. The van der Waals surface area contributed by atoms with Crippen molar-refractivity contribution in [3.05, 3.63) is 0 Å². The summed E-state index contributed by atoms with van der Waals surface area (Å²) in [7, 11) is 2.13. The maximum atomic E-state index is 13.1. The van der Waals surface area contributed by atoms with Crippen molar-refractivity contribution >= 4 is 11.8 Å². The van der Waals surface area contributed by atoms with E-state index in [1.54, 1.807) is 0 Å². The Morgan fingerprint density at radius 3 is 1.90 bits per heavy atom. The standard InChI is InChI=1S/C23H40N4O2/c1-17(2)26-12-10-23(21(26)29)15-25(16-23)18(3)6-7-19(4)27-13-9-22(20(27)28)8-11-24(5)14-22/h17-19H,6-16H2,1-5H3. The molecule has 6 nitrogen and oxygen atoms in total. The molecule has 0 aliphatic carbocycles. The quantitative estimate of drug-likeness (QED) is 0.680. The van der Waals surface area contributed by atoms with Gasteiger partial charge in [0, 0.05) is 50.8 Å². The molecule has 3 atom stereocenters. The third-order valence-electron chi connectivity index (χ3n) is 8.43. The second-order valence-corrected chi connectivity index (χ2v) is 10.8. The lowest BCUT2D eigenvalue weighted by atomic mass is 9.77. The van der Waals surface area contributed by atoms with Gasteiger partial charge in [0.05, 0.1) is 10.8 Å². The van der Waals surface area contributed by atoms with Gasteiger partial charge < -0.3 is 14.7 Å². The van der Waals surface area contributed by atoms with Gasteiger partial charge in [0.2, 0.25) is 11.8 Å². The lowest BCUT2D eigenvalue weighted by Gasteiger charge is -2.50. The fraction of sp³-hybridized carbons (Fsp3) is 0.913. The maximum Gasteiger partial charge on any atom is 0.231 e. The molecule has 3 unspecified atom stereocenters. The molecule has 2 amide bonds. The summed E-state index contributed by atoms with van der Waals surface area (Å²) in [6.45, 7) is 14.4. The third-order valence-corrected chi connectivity index (χ3v) is 8.43. The van der Waals surface area contributed by atoms with Gasteiger partial charge in [0.25, 0.3) is 0 Å². The molecule has 0 aromatic carbocycles. The van der Waals surface area contributed by atoms with E-state index in [1.807, 2.05) is 0 Å². The van der Waals surface area contributed by atoms with Crippen LogP contribution in [0, 0.1) is 10.8 Å². The number of nitrogens with zero attached hydrogens (tertiary/aromatic N) is 4. The van der Waals surface area contributed by atoms with E-state index in [-0.39, 0.29) is 10.8 Å². The first kappa shape index (κ1) is 21.1. The zero-order valence-corrected chi connectivity index (χ0v) is 19.1. The molecule has 4 aliphatic rings. The Labute approximate surface area is 176 Å². The molecule has 0 bridgehead atoms. The monoisotopic (exact) mass is 404 g/mol. The molecule has 0 N–H and O–H groups in total. The van der Waals surface area contributed by atoms with Gasteiger partial charge in [-0.3, -0.25) is 14.5 Å². The molecule has 4 heterocycles. The van der Waals surface area contributed by atoms with E-state index in [4.69, 9.17) is 0 Å². The molecule has 164 valence electrons. The molecule has 2 spiro atoms. The lowest BCUT2D eigenvalue weighted by molar-refractivity contribution is -0.148. The number of likely N-dealkylation sites (tertiary alicyclic amines) is 4. The van der Waals surface area contributed by atoms with Crippen molar-refractivity contribution in [3.8, 4) is 0 Å². The molecule has 29 heavy (non-hydrogen) atoms. The molecule has 0 saturated carbocycles. The molecule has 4 rings (SSSR count). The number of rotatable bonds is 6. The van der Waals surface area contributed by atoms with Gasteiger partial charge in [-0.1, -0.05) is 0 Å². The largest absolute Gasteiger partial charge is 0.340 e. The van der Waals surface area contributed by atoms with E-state index >= 15 is 0 Å². The van der Waals surface area contributed by atoms with E-state index in [0.29, 0.717) is 29.9 Å².